The number of nitrogens with two attached hydrogens (primary N) is 1. The number of hydrogen-bond donors (Lipinski definition) is 5. The minimum Gasteiger partial charge on any atom is -0.512 e. The molecule has 0 spiro atoms. The Morgan fingerprint density at radius 3 is 1.85 bits per heavy atom. The van der Waals surface area contributed by atoms with E-state index in [1.54, 1.807) is 13.8 Å². The first-order valence-corrected chi connectivity index (χ1v) is 13.1. The third kappa shape index (κ3) is 13.1. The number of carbonyl (C=O) groups is 3. The second-order valence-corrected chi connectivity index (χ2v) is 9.24. The summed E-state index contributed by atoms with van der Waals surface area (Å²) in [5.41, 5.74) is 8.55. The average Bonchev–Trinajstić information content (AvgIpc) is 2.92. The molecule has 0 bridgehead atoms. The number of allylic oxidation sites excluding steroid dienone is 4. The van der Waals surface area contributed by atoms with Gasteiger partial charge in [-0.1, -0.05) is 30.3 Å². The zero-order chi connectivity index (χ0) is 30.2. The number of pyridine rings is 1. The molecule has 1 aromatic heterocycles. The maximum absolute atomic E-state index is 12.5. The van der Waals surface area contributed by atoms with E-state index >= 15 is 0 Å². The van der Waals surface area contributed by atoms with Crippen molar-refractivity contribution in [1.29, 1.82) is 0 Å². The summed E-state index contributed by atoms with van der Waals surface area (Å²) in [5.74, 6) is -0.0211. The molecule has 2 aromatic carbocycles. The van der Waals surface area contributed by atoms with Gasteiger partial charge in [-0.2, -0.15) is 0 Å². The third-order valence-electron chi connectivity index (χ3n) is 6.07. The fraction of sp³-hybridized carbons (Fsp3) is 0.355. The predicted molar refractivity (Wildman–Crippen MR) is 161 cm³/mol. The minimum atomic E-state index is -0.0813. The summed E-state index contributed by atoms with van der Waals surface area (Å²) in [6.07, 6.45) is 0.868. The van der Waals surface area contributed by atoms with Gasteiger partial charge in [-0.15, -0.1) is 0 Å². The number of aliphatic hydroxyl groups excluding tert-OH is 2. The molecular formula is C31H42CoN4O5. The smallest absolute Gasteiger partial charge is 0.253 e. The van der Waals surface area contributed by atoms with Gasteiger partial charge in [0.25, 0.3) is 5.91 Å². The molecule has 3 rings (SSSR count). The molecule has 0 aliphatic carbocycles. The second kappa shape index (κ2) is 19.5. The molecule has 225 valence electrons. The van der Waals surface area contributed by atoms with Crippen LogP contribution in [0.1, 0.15) is 58.3 Å². The topological polar surface area (TPSA) is 155 Å². The maximum Gasteiger partial charge on any atom is 0.253 e. The second-order valence-electron chi connectivity index (χ2n) is 9.24. The zero-order valence-corrected chi connectivity index (χ0v) is 25.7. The molecule has 3 aromatic rings. The van der Waals surface area contributed by atoms with Crippen LogP contribution in [-0.4, -0.2) is 58.8 Å². The standard InChI is InChI=1S/C19H22N4O.2C6H10O2.Co/c20-9-12-21-10-4-11-22-19(24)16-7-3-6-15-13-14-5-1-2-8-17(14)23-18(15)16;2*1-4(5(2)7)6(3)8;/h1-3,5-8,13,21H,4,9-12,20H2,(H,22,24);2*7H,1-3H3;/b;2*5-4-;. The number of hydrogen-bond acceptors (Lipinski definition) is 8. The molecule has 0 aliphatic rings. The van der Waals surface area contributed by atoms with Crippen LogP contribution in [0.5, 0.6) is 0 Å². The van der Waals surface area contributed by atoms with Gasteiger partial charge in [0.1, 0.15) is 0 Å². The van der Waals surface area contributed by atoms with Crippen molar-refractivity contribution in [3.8, 4) is 0 Å². The number of benzene rings is 2. The zero-order valence-electron chi connectivity index (χ0n) is 24.6. The van der Waals surface area contributed by atoms with Gasteiger partial charge in [0, 0.05) is 58.3 Å². The number of aliphatic hydroxyl groups is 2. The number of nitrogens with zero attached hydrogens (tertiary/aromatic N) is 1. The molecule has 1 amide bonds. The first kappa shape index (κ1) is 37.4. The van der Waals surface area contributed by atoms with Gasteiger partial charge in [0.2, 0.25) is 0 Å². The number of Topliss-reactive ketones (excluding diaryl/α,β-unsaturated/α-hetero) is 2. The van der Waals surface area contributed by atoms with Gasteiger partial charge in [-0.3, -0.25) is 14.4 Å². The Labute approximate surface area is 252 Å². The summed E-state index contributed by atoms with van der Waals surface area (Å²) in [4.78, 5) is 37.9. The Hall–Kier alpha value is -3.57. The number of aromatic nitrogens is 1. The first-order valence-electron chi connectivity index (χ1n) is 13.1. The molecule has 1 radical (unpaired) electrons. The molecule has 6 N–H and O–H groups in total. The normalized spacial score (nSPS) is 11.5. The van der Waals surface area contributed by atoms with Gasteiger partial charge in [-0.25, -0.2) is 4.98 Å². The van der Waals surface area contributed by atoms with Gasteiger partial charge in [-0.05, 0) is 72.7 Å². The van der Waals surface area contributed by atoms with Gasteiger partial charge < -0.3 is 26.6 Å². The van der Waals surface area contributed by atoms with Crippen LogP contribution in [0.15, 0.2) is 71.2 Å². The van der Waals surface area contributed by atoms with Crippen LogP contribution in [0.4, 0.5) is 0 Å². The molecule has 1 heterocycles. The SMILES string of the molecule is CC(=O)/C(C)=C(/C)O.CC(=O)/C(C)=C(/C)O.NCCNCCCNC(=O)c1cccc2cc3ccccc3nc12.[Co]. The number of carbonyl (C=O) groups excluding carboxylic acids is 3. The largest absolute Gasteiger partial charge is 0.512 e. The van der Waals surface area contributed by atoms with Crippen molar-refractivity contribution in [1.82, 2.24) is 15.6 Å². The molecule has 0 unspecified atom stereocenters. The molecule has 41 heavy (non-hydrogen) atoms. The fourth-order valence-corrected chi connectivity index (χ4v) is 3.23. The van der Waals surface area contributed by atoms with Crippen LogP contribution in [-0.2, 0) is 26.4 Å². The van der Waals surface area contributed by atoms with E-state index < -0.39 is 0 Å². The summed E-state index contributed by atoms with van der Waals surface area (Å²) >= 11 is 0. The van der Waals surface area contributed by atoms with Gasteiger partial charge >= 0.3 is 0 Å². The molecule has 0 aliphatic heterocycles. The molecular weight excluding hydrogens is 567 g/mol. The minimum absolute atomic E-state index is 0. The van der Waals surface area contributed by atoms with E-state index in [-0.39, 0.29) is 45.8 Å². The number of rotatable bonds is 9. The van der Waals surface area contributed by atoms with E-state index in [0.29, 0.717) is 29.8 Å². The number of para-hydroxylation sites is 2. The molecule has 0 saturated carbocycles. The summed E-state index contributed by atoms with van der Waals surface area (Å²) in [5, 5.41) is 25.5. The van der Waals surface area contributed by atoms with E-state index in [9.17, 15) is 14.4 Å². The van der Waals surface area contributed by atoms with Gasteiger partial charge in [0.05, 0.1) is 28.1 Å². The summed E-state index contributed by atoms with van der Waals surface area (Å²) in [7, 11) is 0. The van der Waals surface area contributed by atoms with Crippen LogP contribution in [0, 0.1) is 0 Å². The van der Waals surface area contributed by atoms with Crippen molar-refractivity contribution in [3.63, 3.8) is 0 Å². The van der Waals surface area contributed by atoms with Crippen LogP contribution < -0.4 is 16.4 Å². The van der Waals surface area contributed by atoms with E-state index in [2.05, 4.69) is 21.7 Å². The van der Waals surface area contributed by atoms with E-state index in [0.717, 1.165) is 41.3 Å². The molecule has 0 fully saturated rings. The Morgan fingerprint density at radius 2 is 1.34 bits per heavy atom. The quantitative estimate of drug-likeness (QED) is 0.0993. The molecule has 0 atom stereocenters. The van der Waals surface area contributed by atoms with Crippen molar-refractivity contribution >= 4 is 39.3 Å². The number of fused-ring (bicyclic) bond motifs is 2. The Balaban J connectivity index is 0.000000781. The van der Waals surface area contributed by atoms with E-state index in [4.69, 9.17) is 15.9 Å². The fourth-order valence-electron chi connectivity index (χ4n) is 3.23. The monoisotopic (exact) mass is 609 g/mol. The molecule has 0 saturated heterocycles. The number of amides is 1. The number of ketones is 2. The average molecular weight is 610 g/mol. The van der Waals surface area contributed by atoms with Crippen molar-refractivity contribution in [2.45, 2.75) is 48.0 Å². The Kier molecular flexibility index (Phi) is 17.8. The predicted octanol–water partition coefficient (Wildman–Crippen LogP) is 4.91. The van der Waals surface area contributed by atoms with Gasteiger partial charge in [0.15, 0.2) is 11.6 Å². The van der Waals surface area contributed by atoms with Crippen molar-refractivity contribution in [2.24, 2.45) is 5.73 Å². The third-order valence-corrected chi connectivity index (χ3v) is 6.07. The van der Waals surface area contributed by atoms with Crippen LogP contribution in [0.25, 0.3) is 21.8 Å². The van der Waals surface area contributed by atoms with Crippen molar-refractivity contribution in [3.05, 3.63) is 76.8 Å². The Bertz CT molecular complexity index is 1340. The Morgan fingerprint density at radius 1 is 0.780 bits per heavy atom. The first-order chi connectivity index (χ1) is 18.9. The summed E-state index contributed by atoms with van der Waals surface area (Å²) in [6, 6.07) is 15.7. The summed E-state index contributed by atoms with van der Waals surface area (Å²) in [6.45, 7) is 11.9. The molecule has 9 nitrogen and oxygen atoms in total. The number of nitrogens with one attached hydrogen (secondary N) is 2. The van der Waals surface area contributed by atoms with Crippen molar-refractivity contribution < 1.29 is 41.4 Å². The molecule has 10 heteroatoms. The van der Waals surface area contributed by atoms with Crippen LogP contribution >= 0.6 is 0 Å². The summed E-state index contributed by atoms with van der Waals surface area (Å²) < 4.78 is 0. The van der Waals surface area contributed by atoms with E-state index in [1.165, 1.54) is 27.7 Å². The maximum atomic E-state index is 12.5. The van der Waals surface area contributed by atoms with E-state index in [1.807, 2.05) is 42.5 Å². The van der Waals surface area contributed by atoms with Crippen LogP contribution in [0.3, 0.4) is 0 Å². The van der Waals surface area contributed by atoms with Crippen LogP contribution in [0.2, 0.25) is 0 Å². The van der Waals surface area contributed by atoms with Crippen molar-refractivity contribution in [2.75, 3.05) is 26.2 Å².